The molecule has 0 rings (SSSR count). The van der Waals surface area contributed by atoms with Gasteiger partial charge in [-0.25, -0.2) is 0 Å². The van der Waals surface area contributed by atoms with Crippen molar-refractivity contribution < 1.29 is 13.0 Å². The summed E-state index contributed by atoms with van der Waals surface area (Å²) in [5.41, 5.74) is 0. The van der Waals surface area contributed by atoms with Crippen molar-refractivity contribution in [2.24, 2.45) is 0 Å². The van der Waals surface area contributed by atoms with Gasteiger partial charge in [-0.05, 0) is 12.8 Å². The SMILES string of the molecule is CCCCCCCCCCCCCC=CCS(=O)(=O)O. The molecule has 0 fully saturated rings. The smallest absolute Gasteiger partial charge is 0.268 e. The Bertz CT molecular complexity index is 321. The van der Waals surface area contributed by atoms with Crippen LogP contribution >= 0.6 is 0 Å². The van der Waals surface area contributed by atoms with Gasteiger partial charge in [0.15, 0.2) is 0 Å². The third-order valence-corrected chi connectivity index (χ3v) is 4.06. The Morgan fingerprint density at radius 2 is 1.20 bits per heavy atom. The quantitative estimate of drug-likeness (QED) is 0.275. The molecule has 0 atom stereocenters. The van der Waals surface area contributed by atoms with E-state index in [1.165, 1.54) is 70.3 Å². The molecule has 1 N–H and O–H groups in total. The van der Waals surface area contributed by atoms with Crippen LogP contribution in [0.1, 0.15) is 84.0 Å². The molecule has 0 unspecified atom stereocenters. The van der Waals surface area contributed by atoms with Crippen molar-refractivity contribution in [3.05, 3.63) is 12.2 Å². The van der Waals surface area contributed by atoms with E-state index in [0.717, 1.165) is 12.8 Å². The van der Waals surface area contributed by atoms with Crippen LogP contribution in [0.4, 0.5) is 0 Å². The van der Waals surface area contributed by atoms with Gasteiger partial charge in [-0.1, -0.05) is 83.3 Å². The molecule has 0 aliphatic rings. The highest BCUT2D eigenvalue weighted by Crippen LogP contribution is 2.11. The van der Waals surface area contributed by atoms with Gasteiger partial charge in [0.1, 0.15) is 0 Å². The van der Waals surface area contributed by atoms with Gasteiger partial charge in [0.05, 0.1) is 5.75 Å². The van der Waals surface area contributed by atoms with E-state index in [9.17, 15) is 8.42 Å². The first-order chi connectivity index (χ1) is 9.56. The van der Waals surface area contributed by atoms with Gasteiger partial charge in [0.25, 0.3) is 10.1 Å². The minimum atomic E-state index is -3.83. The molecule has 0 amide bonds. The van der Waals surface area contributed by atoms with Crippen LogP contribution < -0.4 is 0 Å². The van der Waals surface area contributed by atoms with Crippen molar-refractivity contribution in [3.63, 3.8) is 0 Å². The van der Waals surface area contributed by atoms with Crippen molar-refractivity contribution in [3.8, 4) is 0 Å². The zero-order valence-corrected chi connectivity index (χ0v) is 13.8. The van der Waals surface area contributed by atoms with Crippen LogP contribution in [0.15, 0.2) is 12.2 Å². The topological polar surface area (TPSA) is 54.4 Å². The van der Waals surface area contributed by atoms with Crippen LogP contribution in [0.2, 0.25) is 0 Å². The molecule has 0 aliphatic carbocycles. The minimum absolute atomic E-state index is 0.259. The van der Waals surface area contributed by atoms with E-state index >= 15 is 0 Å². The molecule has 0 saturated carbocycles. The molecular weight excluding hydrogens is 272 g/mol. The normalized spacial score (nSPS) is 12.3. The molecule has 0 bridgehead atoms. The first-order valence-electron chi connectivity index (χ1n) is 8.16. The number of hydrogen-bond donors (Lipinski definition) is 1. The summed E-state index contributed by atoms with van der Waals surface area (Å²) in [5, 5.41) is 0. The molecule has 0 aromatic heterocycles. The second-order valence-electron chi connectivity index (χ2n) is 5.54. The highest BCUT2D eigenvalue weighted by molar-refractivity contribution is 7.85. The summed E-state index contributed by atoms with van der Waals surface area (Å²) in [6.45, 7) is 2.25. The largest absolute Gasteiger partial charge is 0.285 e. The van der Waals surface area contributed by atoms with Crippen molar-refractivity contribution in [1.29, 1.82) is 0 Å². The van der Waals surface area contributed by atoms with Gasteiger partial charge in [0, 0.05) is 0 Å². The second-order valence-corrected chi connectivity index (χ2v) is 7.04. The second kappa shape index (κ2) is 13.6. The minimum Gasteiger partial charge on any atom is -0.285 e. The standard InChI is InChI=1S/C16H32O3S/c1-2-3-4-5-6-7-8-9-10-11-12-13-14-15-16-20(17,18)19/h14-15H,2-13,16H2,1H3,(H,17,18,19). The monoisotopic (exact) mass is 304 g/mol. The Labute approximate surface area is 125 Å². The van der Waals surface area contributed by atoms with Gasteiger partial charge in [0.2, 0.25) is 0 Å². The van der Waals surface area contributed by atoms with Crippen LogP contribution in [-0.4, -0.2) is 18.7 Å². The summed E-state index contributed by atoms with van der Waals surface area (Å²) in [5.74, 6) is -0.259. The molecule has 0 spiro atoms. The van der Waals surface area contributed by atoms with E-state index in [0.29, 0.717) is 0 Å². The summed E-state index contributed by atoms with van der Waals surface area (Å²) in [4.78, 5) is 0. The predicted octanol–water partition coefficient (Wildman–Crippen LogP) is 5.13. The summed E-state index contributed by atoms with van der Waals surface area (Å²) in [6, 6.07) is 0. The first-order valence-corrected chi connectivity index (χ1v) is 9.77. The number of unbranched alkanes of at least 4 members (excludes halogenated alkanes) is 11. The molecule has 20 heavy (non-hydrogen) atoms. The van der Waals surface area contributed by atoms with Crippen LogP contribution in [0.5, 0.6) is 0 Å². The summed E-state index contributed by atoms with van der Waals surface area (Å²) in [6.07, 6.45) is 18.8. The lowest BCUT2D eigenvalue weighted by molar-refractivity contribution is 0.486. The van der Waals surface area contributed by atoms with Gasteiger partial charge in [-0.15, -0.1) is 0 Å². The zero-order chi connectivity index (χ0) is 15.1. The molecule has 0 aromatic carbocycles. The first kappa shape index (κ1) is 19.7. The fraction of sp³-hybridized carbons (Fsp3) is 0.875. The molecule has 3 nitrogen and oxygen atoms in total. The van der Waals surface area contributed by atoms with Gasteiger partial charge in [-0.2, -0.15) is 8.42 Å². The third-order valence-electron chi connectivity index (χ3n) is 3.45. The number of hydrogen-bond acceptors (Lipinski definition) is 2. The maximum Gasteiger partial charge on any atom is 0.268 e. The van der Waals surface area contributed by atoms with E-state index in [2.05, 4.69) is 6.92 Å². The Kier molecular flexibility index (Phi) is 13.4. The molecule has 0 aromatic rings. The lowest BCUT2D eigenvalue weighted by Gasteiger charge is -2.01. The van der Waals surface area contributed by atoms with Crippen LogP contribution in [-0.2, 0) is 10.1 Å². The van der Waals surface area contributed by atoms with E-state index in [4.69, 9.17) is 4.55 Å². The van der Waals surface area contributed by atoms with Crippen LogP contribution in [0.25, 0.3) is 0 Å². The molecular formula is C16H32O3S. The Hall–Kier alpha value is -0.350. The number of allylic oxidation sites excluding steroid dienone is 1. The lowest BCUT2D eigenvalue weighted by atomic mass is 10.1. The summed E-state index contributed by atoms with van der Waals surface area (Å²) >= 11 is 0. The van der Waals surface area contributed by atoms with E-state index < -0.39 is 10.1 Å². The van der Waals surface area contributed by atoms with Gasteiger partial charge < -0.3 is 0 Å². The fourth-order valence-electron chi connectivity index (χ4n) is 2.23. The highest BCUT2D eigenvalue weighted by Gasteiger charge is 1.98. The van der Waals surface area contributed by atoms with Gasteiger partial charge >= 0.3 is 0 Å². The molecule has 0 radical (unpaired) electrons. The van der Waals surface area contributed by atoms with Crippen molar-refractivity contribution >= 4 is 10.1 Å². The zero-order valence-electron chi connectivity index (χ0n) is 13.0. The predicted molar refractivity (Wildman–Crippen MR) is 86.6 cm³/mol. The molecule has 0 aliphatic heterocycles. The maximum atomic E-state index is 10.5. The molecule has 0 heterocycles. The van der Waals surface area contributed by atoms with Crippen molar-refractivity contribution in [1.82, 2.24) is 0 Å². The molecule has 4 heteroatoms. The number of rotatable bonds is 14. The van der Waals surface area contributed by atoms with E-state index in [1.807, 2.05) is 6.08 Å². The average molecular weight is 304 g/mol. The lowest BCUT2D eigenvalue weighted by Crippen LogP contribution is -1.99. The summed E-state index contributed by atoms with van der Waals surface area (Å²) < 4.78 is 29.4. The van der Waals surface area contributed by atoms with Crippen molar-refractivity contribution in [2.45, 2.75) is 84.0 Å². The third kappa shape index (κ3) is 17.6. The Morgan fingerprint density at radius 1 is 0.750 bits per heavy atom. The highest BCUT2D eigenvalue weighted by atomic mass is 32.2. The van der Waals surface area contributed by atoms with E-state index in [1.54, 1.807) is 0 Å². The molecule has 120 valence electrons. The fourth-order valence-corrected chi connectivity index (χ4v) is 2.61. The van der Waals surface area contributed by atoms with Gasteiger partial charge in [-0.3, -0.25) is 4.55 Å². The van der Waals surface area contributed by atoms with Crippen molar-refractivity contribution in [2.75, 3.05) is 5.75 Å². The Morgan fingerprint density at radius 3 is 1.65 bits per heavy atom. The maximum absolute atomic E-state index is 10.5. The van der Waals surface area contributed by atoms with E-state index in [-0.39, 0.29) is 5.75 Å². The Balaban J connectivity index is 3.13. The average Bonchev–Trinajstić information content (AvgIpc) is 2.38. The summed E-state index contributed by atoms with van der Waals surface area (Å²) in [7, 11) is -3.83. The molecule has 0 saturated heterocycles. The van der Waals surface area contributed by atoms with Crippen LogP contribution in [0.3, 0.4) is 0 Å². The van der Waals surface area contributed by atoms with Crippen LogP contribution in [0, 0.1) is 0 Å².